The predicted octanol–water partition coefficient (Wildman–Crippen LogP) is 6.36. The van der Waals surface area contributed by atoms with E-state index in [1.165, 1.54) is 0 Å². The van der Waals surface area contributed by atoms with E-state index in [-0.39, 0.29) is 5.91 Å². The Labute approximate surface area is 172 Å². The zero-order chi connectivity index (χ0) is 19.7. The molecule has 0 unspecified atom stereocenters. The number of amides is 1. The highest BCUT2D eigenvalue weighted by Gasteiger charge is 2.21. The molecule has 2 aromatic carbocycles. The van der Waals surface area contributed by atoms with E-state index in [2.05, 4.69) is 10.3 Å². The number of aromatic nitrogens is 1. The Bertz CT molecular complexity index is 1160. The molecule has 0 saturated carbocycles. The Morgan fingerprint density at radius 3 is 2.75 bits per heavy atom. The number of anilines is 1. The standard InChI is InChI=1S/C22H20N2O2S2/c1-13-7-6-9-18(15(13)3)24-21(25)20-17(12-28-22-23-14(2)11-27-22)16-8-4-5-10-19(16)26-20/h4-11H,12H2,1-3H3,(H,24,25). The van der Waals surface area contributed by atoms with Crippen LogP contribution in [0.15, 0.2) is 56.6 Å². The summed E-state index contributed by atoms with van der Waals surface area (Å²) in [4.78, 5) is 17.6. The van der Waals surface area contributed by atoms with Crippen molar-refractivity contribution in [3.63, 3.8) is 0 Å². The summed E-state index contributed by atoms with van der Waals surface area (Å²) in [5, 5.41) is 6.01. The molecule has 0 aliphatic carbocycles. The number of nitrogens with zero attached hydrogens (tertiary/aromatic N) is 1. The van der Waals surface area contributed by atoms with E-state index in [9.17, 15) is 4.79 Å². The molecule has 4 nitrogen and oxygen atoms in total. The summed E-state index contributed by atoms with van der Waals surface area (Å²) in [6.07, 6.45) is 0. The lowest BCUT2D eigenvalue weighted by atomic mass is 10.1. The maximum Gasteiger partial charge on any atom is 0.291 e. The maximum absolute atomic E-state index is 13.1. The number of benzene rings is 2. The minimum absolute atomic E-state index is 0.226. The normalized spacial score (nSPS) is 11.1. The van der Waals surface area contributed by atoms with Crippen LogP contribution in [0.3, 0.4) is 0 Å². The molecular weight excluding hydrogens is 388 g/mol. The Hall–Kier alpha value is -2.57. The molecule has 0 aliphatic heterocycles. The van der Waals surface area contributed by atoms with Crippen molar-refractivity contribution in [1.29, 1.82) is 0 Å². The second-order valence-corrected chi connectivity index (χ2v) is 8.73. The van der Waals surface area contributed by atoms with Crippen LogP contribution in [0.5, 0.6) is 0 Å². The molecule has 4 aromatic rings. The average molecular weight is 409 g/mol. The van der Waals surface area contributed by atoms with Gasteiger partial charge in [0.15, 0.2) is 5.76 Å². The van der Waals surface area contributed by atoms with Crippen molar-refractivity contribution in [2.24, 2.45) is 0 Å². The monoisotopic (exact) mass is 408 g/mol. The zero-order valence-corrected chi connectivity index (χ0v) is 17.5. The summed E-state index contributed by atoms with van der Waals surface area (Å²) in [6.45, 7) is 6.02. The molecule has 0 radical (unpaired) electrons. The number of fused-ring (bicyclic) bond motifs is 1. The van der Waals surface area contributed by atoms with E-state index < -0.39 is 0 Å². The van der Waals surface area contributed by atoms with E-state index in [4.69, 9.17) is 4.42 Å². The third kappa shape index (κ3) is 3.70. The first-order chi connectivity index (χ1) is 13.5. The van der Waals surface area contributed by atoms with Crippen LogP contribution in [0.2, 0.25) is 0 Å². The van der Waals surface area contributed by atoms with Gasteiger partial charge in [-0.15, -0.1) is 11.3 Å². The average Bonchev–Trinajstić information content (AvgIpc) is 3.27. The third-order valence-electron chi connectivity index (χ3n) is 4.70. The van der Waals surface area contributed by atoms with Gasteiger partial charge in [0.05, 0.1) is 0 Å². The van der Waals surface area contributed by atoms with Gasteiger partial charge in [-0.2, -0.15) is 0 Å². The van der Waals surface area contributed by atoms with Crippen molar-refractivity contribution in [3.8, 4) is 0 Å². The predicted molar refractivity (Wildman–Crippen MR) is 116 cm³/mol. The van der Waals surface area contributed by atoms with Gasteiger partial charge in [-0.1, -0.05) is 42.1 Å². The van der Waals surface area contributed by atoms with Crippen molar-refractivity contribution < 1.29 is 9.21 Å². The summed E-state index contributed by atoms with van der Waals surface area (Å²) in [5.41, 5.74) is 5.63. The lowest BCUT2D eigenvalue weighted by Gasteiger charge is -2.10. The Morgan fingerprint density at radius 1 is 1.14 bits per heavy atom. The first kappa shape index (κ1) is 18.8. The van der Waals surface area contributed by atoms with Crippen molar-refractivity contribution in [3.05, 3.63) is 76.0 Å². The van der Waals surface area contributed by atoms with Gasteiger partial charge in [-0.25, -0.2) is 4.98 Å². The fourth-order valence-corrected chi connectivity index (χ4v) is 4.90. The largest absolute Gasteiger partial charge is 0.451 e. The number of rotatable bonds is 5. The summed E-state index contributed by atoms with van der Waals surface area (Å²) in [5.74, 6) is 0.762. The van der Waals surface area contributed by atoms with Crippen molar-refractivity contribution in [2.45, 2.75) is 30.9 Å². The molecule has 0 saturated heterocycles. The lowest BCUT2D eigenvalue weighted by molar-refractivity contribution is 0.0997. The highest BCUT2D eigenvalue weighted by molar-refractivity contribution is 8.00. The zero-order valence-electron chi connectivity index (χ0n) is 15.9. The third-order valence-corrected chi connectivity index (χ3v) is 6.86. The molecule has 0 aliphatic rings. The van der Waals surface area contributed by atoms with Crippen LogP contribution in [0.25, 0.3) is 11.0 Å². The molecule has 2 aromatic heterocycles. The Kier molecular flexibility index (Phi) is 5.24. The first-order valence-electron chi connectivity index (χ1n) is 8.96. The smallest absolute Gasteiger partial charge is 0.291 e. The molecule has 142 valence electrons. The quantitative estimate of drug-likeness (QED) is 0.390. The van der Waals surface area contributed by atoms with Gasteiger partial charge >= 0.3 is 0 Å². The molecule has 0 atom stereocenters. The number of thiazole rings is 1. The van der Waals surface area contributed by atoms with Crippen LogP contribution in [-0.4, -0.2) is 10.9 Å². The fourth-order valence-electron chi connectivity index (χ4n) is 3.02. The van der Waals surface area contributed by atoms with Crippen molar-refractivity contribution in [2.75, 3.05) is 5.32 Å². The number of thioether (sulfide) groups is 1. The molecule has 0 fully saturated rings. The minimum Gasteiger partial charge on any atom is -0.451 e. The van der Waals surface area contributed by atoms with Gasteiger partial charge in [0.2, 0.25) is 0 Å². The van der Waals surface area contributed by atoms with Crippen LogP contribution >= 0.6 is 23.1 Å². The van der Waals surface area contributed by atoms with E-state index in [0.717, 1.165) is 43.4 Å². The van der Waals surface area contributed by atoms with Crippen LogP contribution in [0.4, 0.5) is 5.69 Å². The molecule has 1 N–H and O–H groups in total. The second-order valence-electron chi connectivity index (χ2n) is 6.65. The molecule has 1 amide bonds. The van der Waals surface area contributed by atoms with E-state index >= 15 is 0 Å². The number of para-hydroxylation sites is 1. The number of hydrogen-bond acceptors (Lipinski definition) is 5. The lowest BCUT2D eigenvalue weighted by Crippen LogP contribution is -2.14. The van der Waals surface area contributed by atoms with Crippen LogP contribution in [-0.2, 0) is 5.75 Å². The van der Waals surface area contributed by atoms with Gasteiger partial charge in [0, 0.05) is 33.5 Å². The van der Waals surface area contributed by atoms with Crippen LogP contribution < -0.4 is 5.32 Å². The molecule has 28 heavy (non-hydrogen) atoms. The molecule has 0 spiro atoms. The van der Waals surface area contributed by atoms with E-state index in [0.29, 0.717) is 11.5 Å². The minimum atomic E-state index is -0.226. The summed E-state index contributed by atoms with van der Waals surface area (Å²) in [6, 6.07) is 13.7. The van der Waals surface area contributed by atoms with Gasteiger partial charge in [-0.3, -0.25) is 4.79 Å². The maximum atomic E-state index is 13.1. The van der Waals surface area contributed by atoms with Crippen LogP contribution in [0.1, 0.15) is 32.9 Å². The van der Waals surface area contributed by atoms with E-state index in [1.54, 1.807) is 23.1 Å². The molecular formula is C22H20N2O2S2. The number of carbonyl (C=O) groups is 1. The van der Waals surface area contributed by atoms with Crippen molar-refractivity contribution in [1.82, 2.24) is 4.98 Å². The SMILES string of the molecule is Cc1csc(SCc2c(C(=O)Nc3cccc(C)c3C)oc3ccccc23)n1. The Balaban J connectivity index is 1.67. The topological polar surface area (TPSA) is 55.1 Å². The molecule has 6 heteroatoms. The highest BCUT2D eigenvalue weighted by atomic mass is 32.2. The number of aryl methyl sites for hydroxylation is 2. The highest BCUT2D eigenvalue weighted by Crippen LogP contribution is 2.33. The number of furan rings is 1. The second kappa shape index (κ2) is 7.81. The number of carbonyl (C=O) groups excluding carboxylic acids is 1. The van der Waals surface area contributed by atoms with Crippen LogP contribution in [0, 0.1) is 20.8 Å². The fraction of sp³-hybridized carbons (Fsp3) is 0.182. The molecule has 2 heterocycles. The Morgan fingerprint density at radius 2 is 1.96 bits per heavy atom. The van der Waals surface area contributed by atoms with Gasteiger partial charge in [-0.05, 0) is 44.0 Å². The molecule has 4 rings (SSSR count). The van der Waals surface area contributed by atoms with Gasteiger partial charge in [0.25, 0.3) is 5.91 Å². The van der Waals surface area contributed by atoms with Crippen molar-refractivity contribution >= 4 is 45.7 Å². The molecule has 0 bridgehead atoms. The van der Waals surface area contributed by atoms with Gasteiger partial charge in [0.1, 0.15) is 9.92 Å². The van der Waals surface area contributed by atoms with Gasteiger partial charge < -0.3 is 9.73 Å². The summed E-state index contributed by atoms with van der Waals surface area (Å²) >= 11 is 3.24. The number of nitrogens with one attached hydrogen (secondary N) is 1. The van der Waals surface area contributed by atoms with E-state index in [1.807, 2.05) is 68.6 Å². The first-order valence-corrected chi connectivity index (χ1v) is 10.8. The number of hydrogen-bond donors (Lipinski definition) is 1. The summed E-state index contributed by atoms with van der Waals surface area (Å²) in [7, 11) is 0. The summed E-state index contributed by atoms with van der Waals surface area (Å²) < 4.78 is 6.94.